The van der Waals surface area contributed by atoms with Crippen molar-refractivity contribution in [3.05, 3.63) is 271 Å². The van der Waals surface area contributed by atoms with Crippen LogP contribution in [0, 0.1) is 0 Å². The number of nitrogens with zero attached hydrogens (tertiary/aromatic N) is 1. The molecule has 0 bridgehead atoms. The van der Waals surface area contributed by atoms with E-state index in [2.05, 4.69) is 254 Å². The van der Waals surface area contributed by atoms with E-state index in [0.717, 1.165) is 17.1 Å². The number of hydrogen-bond donors (Lipinski definition) is 0. The molecule has 0 radical (unpaired) electrons. The highest BCUT2D eigenvalue weighted by Crippen LogP contribution is 2.58. The van der Waals surface area contributed by atoms with E-state index in [4.69, 9.17) is 0 Å². The van der Waals surface area contributed by atoms with E-state index in [9.17, 15) is 0 Å². The van der Waals surface area contributed by atoms with Crippen LogP contribution in [0.15, 0.2) is 249 Å². The summed E-state index contributed by atoms with van der Waals surface area (Å²) >= 11 is 0. The van der Waals surface area contributed by atoms with Crippen molar-refractivity contribution < 1.29 is 0 Å². The highest BCUT2D eigenvalue weighted by molar-refractivity contribution is 5.97. The summed E-state index contributed by atoms with van der Waals surface area (Å²) in [6, 6.07) is 90.9. The zero-order valence-electron chi connectivity index (χ0n) is 33.1. The molecule has 0 saturated heterocycles. The van der Waals surface area contributed by atoms with Gasteiger partial charge in [0.15, 0.2) is 0 Å². The van der Waals surface area contributed by atoms with Crippen molar-refractivity contribution in [2.75, 3.05) is 4.90 Å². The quantitative estimate of drug-likeness (QED) is 0.149. The maximum atomic E-state index is 2.42. The summed E-state index contributed by atoms with van der Waals surface area (Å²) in [5, 5.41) is 2.43. The van der Waals surface area contributed by atoms with Gasteiger partial charge in [0, 0.05) is 16.9 Å². The largest absolute Gasteiger partial charge is 0.310 e. The van der Waals surface area contributed by atoms with E-state index >= 15 is 0 Å². The van der Waals surface area contributed by atoms with Crippen molar-refractivity contribution in [1.82, 2.24) is 0 Å². The van der Waals surface area contributed by atoms with Gasteiger partial charge < -0.3 is 4.90 Å². The number of rotatable bonds is 8. The Morgan fingerprint density at radius 2 is 0.817 bits per heavy atom. The SMILES string of the molecule is c1ccc(-c2cccc(-c3ccccc3N(c3ccc(-c4cccc5c4-c4ccccc4C5(c4ccccc4)c4ccccc4)cc3)c3ccc4ccccc4c3)c2)cc1. The van der Waals surface area contributed by atoms with Crippen LogP contribution >= 0.6 is 0 Å². The highest BCUT2D eigenvalue weighted by atomic mass is 15.1. The summed E-state index contributed by atoms with van der Waals surface area (Å²) in [5.74, 6) is 0. The van der Waals surface area contributed by atoms with E-state index in [1.165, 1.54) is 77.5 Å². The van der Waals surface area contributed by atoms with Crippen molar-refractivity contribution in [3.63, 3.8) is 0 Å². The number of anilines is 3. The van der Waals surface area contributed by atoms with Crippen LogP contribution < -0.4 is 4.90 Å². The predicted octanol–water partition coefficient (Wildman–Crippen LogP) is 15.7. The third-order valence-electron chi connectivity index (χ3n) is 12.3. The first-order valence-electron chi connectivity index (χ1n) is 20.8. The Bertz CT molecular complexity index is 3090. The molecule has 0 spiro atoms. The maximum absolute atomic E-state index is 2.42. The standard InChI is InChI=1S/C59H41N/c1-4-18-42(19-5-1)45-22-16-23-47(40-45)52-28-13-15-33-57(52)60(51-39-34-43-20-10-11-21-46(43)41-51)50-37-35-44(36-38-50)53-30-17-32-56-58(53)54-29-12-14-31-55(54)59(56,48-24-6-2-7-25-48)49-26-8-3-9-27-49/h1-41H. The van der Waals surface area contributed by atoms with Crippen molar-refractivity contribution in [3.8, 4) is 44.5 Å². The molecule has 0 aromatic heterocycles. The van der Waals surface area contributed by atoms with Crippen molar-refractivity contribution in [2.45, 2.75) is 5.41 Å². The number of hydrogen-bond acceptors (Lipinski definition) is 1. The normalized spacial score (nSPS) is 12.5. The van der Waals surface area contributed by atoms with Gasteiger partial charge in [-0.3, -0.25) is 0 Å². The second-order valence-corrected chi connectivity index (χ2v) is 15.6. The summed E-state index contributed by atoms with van der Waals surface area (Å²) in [6.45, 7) is 0. The molecule has 0 saturated carbocycles. The molecule has 60 heavy (non-hydrogen) atoms. The lowest BCUT2D eigenvalue weighted by Crippen LogP contribution is -2.28. The number of para-hydroxylation sites is 1. The molecular weight excluding hydrogens is 723 g/mol. The van der Waals surface area contributed by atoms with Crippen LogP contribution in [-0.4, -0.2) is 0 Å². The second kappa shape index (κ2) is 14.9. The summed E-state index contributed by atoms with van der Waals surface area (Å²) in [5.41, 5.74) is 17.8. The molecule has 10 aromatic carbocycles. The van der Waals surface area contributed by atoms with E-state index in [1.54, 1.807) is 0 Å². The Balaban J connectivity index is 1.07. The summed E-state index contributed by atoms with van der Waals surface area (Å²) in [6.07, 6.45) is 0. The Morgan fingerprint density at radius 3 is 1.57 bits per heavy atom. The van der Waals surface area contributed by atoms with Gasteiger partial charge in [0.25, 0.3) is 0 Å². The highest BCUT2D eigenvalue weighted by Gasteiger charge is 2.46. The minimum Gasteiger partial charge on any atom is -0.310 e. The van der Waals surface area contributed by atoms with E-state index in [-0.39, 0.29) is 0 Å². The molecule has 1 aliphatic carbocycles. The topological polar surface area (TPSA) is 3.24 Å². The van der Waals surface area contributed by atoms with E-state index in [1.807, 2.05) is 0 Å². The molecule has 11 rings (SSSR count). The first-order valence-corrected chi connectivity index (χ1v) is 20.8. The molecule has 0 fully saturated rings. The molecule has 0 amide bonds. The first-order chi connectivity index (χ1) is 29.8. The van der Waals surface area contributed by atoms with Gasteiger partial charge in [0.05, 0.1) is 11.1 Å². The predicted molar refractivity (Wildman–Crippen MR) is 252 cm³/mol. The van der Waals surface area contributed by atoms with Gasteiger partial charge in [-0.25, -0.2) is 0 Å². The van der Waals surface area contributed by atoms with Gasteiger partial charge in [0.2, 0.25) is 0 Å². The smallest absolute Gasteiger partial charge is 0.0713 e. The van der Waals surface area contributed by atoms with Crippen LogP contribution in [0.4, 0.5) is 17.1 Å². The Kier molecular flexibility index (Phi) is 8.79. The fourth-order valence-electron chi connectivity index (χ4n) is 9.68. The van der Waals surface area contributed by atoms with Gasteiger partial charge >= 0.3 is 0 Å². The van der Waals surface area contributed by atoms with Crippen molar-refractivity contribution >= 4 is 27.8 Å². The van der Waals surface area contributed by atoms with Crippen molar-refractivity contribution in [2.24, 2.45) is 0 Å². The molecule has 0 heterocycles. The molecule has 282 valence electrons. The van der Waals surface area contributed by atoms with E-state index < -0.39 is 5.41 Å². The van der Waals surface area contributed by atoms with Gasteiger partial charge in [-0.15, -0.1) is 0 Å². The minimum absolute atomic E-state index is 0.446. The molecule has 1 aliphatic rings. The molecular formula is C59H41N. The van der Waals surface area contributed by atoms with Gasteiger partial charge in [0.1, 0.15) is 0 Å². The summed E-state index contributed by atoms with van der Waals surface area (Å²) < 4.78 is 0. The lowest BCUT2D eigenvalue weighted by atomic mass is 9.67. The molecule has 10 aromatic rings. The second-order valence-electron chi connectivity index (χ2n) is 15.6. The van der Waals surface area contributed by atoms with Crippen LogP contribution in [0.1, 0.15) is 22.3 Å². The van der Waals surface area contributed by atoms with Gasteiger partial charge in [-0.2, -0.15) is 0 Å². The summed E-state index contributed by atoms with van der Waals surface area (Å²) in [4.78, 5) is 2.42. The van der Waals surface area contributed by atoms with Crippen LogP contribution in [0.5, 0.6) is 0 Å². The average Bonchev–Trinajstić information content (AvgIpc) is 3.64. The lowest BCUT2D eigenvalue weighted by Gasteiger charge is -2.34. The fourth-order valence-corrected chi connectivity index (χ4v) is 9.68. The third-order valence-corrected chi connectivity index (χ3v) is 12.3. The molecule has 0 unspecified atom stereocenters. The Hall–Kier alpha value is -7.74. The van der Waals surface area contributed by atoms with Crippen LogP contribution in [0.25, 0.3) is 55.3 Å². The zero-order chi connectivity index (χ0) is 39.9. The fraction of sp³-hybridized carbons (Fsp3) is 0.0169. The van der Waals surface area contributed by atoms with Crippen molar-refractivity contribution in [1.29, 1.82) is 0 Å². The zero-order valence-corrected chi connectivity index (χ0v) is 33.1. The molecule has 0 aliphatic heterocycles. The third kappa shape index (κ3) is 5.86. The Labute approximate surface area is 352 Å². The molecule has 0 atom stereocenters. The van der Waals surface area contributed by atoms with Crippen LogP contribution in [0.2, 0.25) is 0 Å². The average molecular weight is 764 g/mol. The minimum atomic E-state index is -0.446. The van der Waals surface area contributed by atoms with Crippen LogP contribution in [0.3, 0.4) is 0 Å². The lowest BCUT2D eigenvalue weighted by molar-refractivity contribution is 0.768. The molecule has 1 heteroatoms. The maximum Gasteiger partial charge on any atom is 0.0713 e. The van der Waals surface area contributed by atoms with Gasteiger partial charge in [-0.05, 0) is 108 Å². The van der Waals surface area contributed by atoms with Crippen LogP contribution in [-0.2, 0) is 5.41 Å². The first kappa shape index (κ1) is 35.4. The van der Waals surface area contributed by atoms with E-state index in [0.29, 0.717) is 0 Å². The molecule has 1 nitrogen and oxygen atoms in total. The summed E-state index contributed by atoms with van der Waals surface area (Å²) in [7, 11) is 0. The number of benzene rings is 10. The van der Waals surface area contributed by atoms with Gasteiger partial charge in [-0.1, -0.05) is 212 Å². The Morgan fingerprint density at radius 1 is 0.283 bits per heavy atom. The monoisotopic (exact) mass is 763 g/mol. The molecule has 0 N–H and O–H groups in total. The number of fused-ring (bicyclic) bond motifs is 4.